The number of ether oxygens (including phenoxy) is 1. The number of fused-ring (bicyclic) bond motifs is 1. The van der Waals surface area contributed by atoms with Crippen LogP contribution in [0.3, 0.4) is 0 Å². The first-order chi connectivity index (χ1) is 10.8. The van der Waals surface area contributed by atoms with Crippen molar-refractivity contribution >= 4 is 21.6 Å². The molecule has 1 amide bonds. The summed E-state index contributed by atoms with van der Waals surface area (Å²) >= 11 is 0. The fourth-order valence-electron chi connectivity index (χ4n) is 3.44. The van der Waals surface area contributed by atoms with Crippen LogP contribution in [0.1, 0.15) is 29.8 Å². The van der Waals surface area contributed by atoms with Gasteiger partial charge in [-0.05, 0) is 44.0 Å². The molecule has 1 fully saturated rings. The van der Waals surface area contributed by atoms with Crippen LogP contribution in [0, 0.1) is 0 Å². The lowest BCUT2D eigenvalue weighted by Gasteiger charge is -2.33. The second-order valence-corrected chi connectivity index (χ2v) is 8.24. The molecule has 0 bridgehead atoms. The summed E-state index contributed by atoms with van der Waals surface area (Å²) in [5.41, 5.74) is 2.21. The third-order valence-corrected chi connectivity index (χ3v) is 5.74. The van der Waals surface area contributed by atoms with Gasteiger partial charge in [0.25, 0.3) is 5.91 Å². The van der Waals surface area contributed by atoms with E-state index in [1.165, 1.54) is 10.6 Å². The highest BCUT2D eigenvalue weighted by molar-refractivity contribution is 7.92. The quantitative estimate of drug-likeness (QED) is 0.814. The van der Waals surface area contributed by atoms with E-state index in [2.05, 4.69) is 0 Å². The SMILES string of the molecule is C[C@H]1COCCN1C(=O)c1ccc2c(c1)C[C@H](C)N2S(C)(=O)=O. The number of morpholine rings is 1. The van der Waals surface area contributed by atoms with Crippen LogP contribution < -0.4 is 4.31 Å². The number of hydrogen-bond acceptors (Lipinski definition) is 4. The number of carbonyl (C=O) groups is 1. The standard InChI is InChI=1S/C16H22N2O4S/c1-11-8-14-9-13(4-5-15(14)18(11)23(3,20)21)16(19)17-6-7-22-10-12(17)2/h4-5,9,11-12H,6-8,10H2,1-3H3/t11-,12-/m0/s1. The van der Waals surface area contributed by atoms with E-state index in [1.807, 2.05) is 24.8 Å². The lowest BCUT2D eigenvalue weighted by atomic mass is 10.1. The van der Waals surface area contributed by atoms with E-state index in [0.29, 0.717) is 37.4 Å². The number of rotatable bonds is 2. The van der Waals surface area contributed by atoms with Gasteiger partial charge in [-0.25, -0.2) is 8.42 Å². The molecule has 1 saturated heterocycles. The summed E-state index contributed by atoms with van der Waals surface area (Å²) in [4.78, 5) is 14.5. The van der Waals surface area contributed by atoms with Crippen LogP contribution in [-0.4, -0.2) is 57.3 Å². The number of hydrogen-bond donors (Lipinski definition) is 0. The third kappa shape index (κ3) is 2.95. The average molecular weight is 338 g/mol. The fraction of sp³-hybridized carbons (Fsp3) is 0.562. The molecule has 23 heavy (non-hydrogen) atoms. The summed E-state index contributed by atoms with van der Waals surface area (Å²) in [7, 11) is -3.31. The molecule has 2 atom stereocenters. The summed E-state index contributed by atoms with van der Waals surface area (Å²) in [6, 6.07) is 5.24. The molecule has 1 aromatic rings. The van der Waals surface area contributed by atoms with Crippen molar-refractivity contribution in [3.63, 3.8) is 0 Å². The zero-order valence-electron chi connectivity index (χ0n) is 13.7. The number of amides is 1. The zero-order valence-corrected chi connectivity index (χ0v) is 14.5. The minimum absolute atomic E-state index is 0.0194. The highest BCUT2D eigenvalue weighted by atomic mass is 32.2. The second kappa shape index (κ2) is 5.79. The highest BCUT2D eigenvalue weighted by Gasteiger charge is 2.33. The number of sulfonamides is 1. The Morgan fingerprint density at radius 1 is 1.26 bits per heavy atom. The van der Waals surface area contributed by atoms with E-state index in [0.717, 1.165) is 5.56 Å². The van der Waals surface area contributed by atoms with Gasteiger partial charge in [-0.2, -0.15) is 0 Å². The lowest BCUT2D eigenvalue weighted by molar-refractivity contribution is 0.00359. The molecule has 0 saturated carbocycles. The topological polar surface area (TPSA) is 66.9 Å². The van der Waals surface area contributed by atoms with Crippen LogP contribution in [0.5, 0.6) is 0 Å². The van der Waals surface area contributed by atoms with E-state index < -0.39 is 10.0 Å². The van der Waals surface area contributed by atoms with Crippen molar-refractivity contribution < 1.29 is 17.9 Å². The zero-order chi connectivity index (χ0) is 16.8. The molecule has 0 aromatic heterocycles. The van der Waals surface area contributed by atoms with Gasteiger partial charge in [-0.1, -0.05) is 0 Å². The summed E-state index contributed by atoms with van der Waals surface area (Å²) < 4.78 is 30.7. The van der Waals surface area contributed by atoms with E-state index in [4.69, 9.17) is 4.74 Å². The first-order valence-electron chi connectivity index (χ1n) is 7.80. The molecule has 2 aliphatic heterocycles. The van der Waals surface area contributed by atoms with Crippen LogP contribution in [0.15, 0.2) is 18.2 Å². The van der Waals surface area contributed by atoms with Gasteiger partial charge in [0.05, 0.1) is 31.2 Å². The van der Waals surface area contributed by atoms with Crippen LogP contribution in [0.25, 0.3) is 0 Å². The van der Waals surface area contributed by atoms with Crippen LogP contribution in [0.2, 0.25) is 0 Å². The molecule has 0 spiro atoms. The van der Waals surface area contributed by atoms with Gasteiger partial charge in [0.2, 0.25) is 10.0 Å². The first-order valence-corrected chi connectivity index (χ1v) is 9.65. The Balaban J connectivity index is 1.91. The van der Waals surface area contributed by atoms with E-state index in [1.54, 1.807) is 12.1 Å². The Kier molecular flexibility index (Phi) is 4.10. The normalized spacial score (nSPS) is 24.7. The third-order valence-electron chi connectivity index (χ3n) is 4.47. The Hall–Kier alpha value is -1.60. The van der Waals surface area contributed by atoms with Crippen LogP contribution in [-0.2, 0) is 21.2 Å². The van der Waals surface area contributed by atoms with Crippen molar-refractivity contribution in [3.8, 4) is 0 Å². The van der Waals surface area contributed by atoms with E-state index in [9.17, 15) is 13.2 Å². The van der Waals surface area contributed by atoms with Gasteiger partial charge in [0.1, 0.15) is 0 Å². The molecule has 2 heterocycles. The van der Waals surface area contributed by atoms with E-state index in [-0.39, 0.29) is 18.0 Å². The first kappa shape index (κ1) is 16.3. The number of anilines is 1. The van der Waals surface area contributed by atoms with Crippen molar-refractivity contribution in [1.29, 1.82) is 0 Å². The number of nitrogens with zero attached hydrogens (tertiary/aromatic N) is 2. The molecular weight excluding hydrogens is 316 g/mol. The summed E-state index contributed by atoms with van der Waals surface area (Å²) in [5, 5.41) is 0. The monoisotopic (exact) mass is 338 g/mol. The van der Waals surface area contributed by atoms with Crippen LogP contribution in [0.4, 0.5) is 5.69 Å². The number of benzene rings is 1. The van der Waals surface area contributed by atoms with Crippen molar-refractivity contribution in [2.75, 3.05) is 30.3 Å². The maximum atomic E-state index is 12.7. The number of carbonyl (C=O) groups excluding carboxylic acids is 1. The second-order valence-electron chi connectivity index (χ2n) is 6.38. The molecule has 126 valence electrons. The Labute approximate surface area is 137 Å². The Bertz CT molecular complexity index is 732. The Morgan fingerprint density at radius 2 is 2.00 bits per heavy atom. The van der Waals surface area contributed by atoms with Gasteiger partial charge < -0.3 is 9.64 Å². The molecular formula is C16H22N2O4S. The maximum absolute atomic E-state index is 12.7. The van der Waals surface area contributed by atoms with Crippen molar-refractivity contribution in [3.05, 3.63) is 29.3 Å². The highest BCUT2D eigenvalue weighted by Crippen LogP contribution is 2.35. The van der Waals surface area contributed by atoms with Gasteiger partial charge in [-0.15, -0.1) is 0 Å². The van der Waals surface area contributed by atoms with Gasteiger partial charge in [-0.3, -0.25) is 9.10 Å². The maximum Gasteiger partial charge on any atom is 0.254 e. The molecule has 2 aliphatic rings. The van der Waals surface area contributed by atoms with Crippen LogP contribution >= 0.6 is 0 Å². The van der Waals surface area contributed by atoms with Gasteiger partial charge >= 0.3 is 0 Å². The van der Waals surface area contributed by atoms with Gasteiger partial charge in [0.15, 0.2) is 0 Å². The molecule has 0 unspecified atom stereocenters. The molecule has 0 radical (unpaired) electrons. The lowest BCUT2D eigenvalue weighted by Crippen LogP contribution is -2.47. The summed E-state index contributed by atoms with van der Waals surface area (Å²) in [6.45, 7) is 5.54. The molecule has 3 rings (SSSR count). The van der Waals surface area contributed by atoms with Crippen molar-refractivity contribution in [2.45, 2.75) is 32.4 Å². The molecule has 7 heteroatoms. The smallest absolute Gasteiger partial charge is 0.254 e. The predicted molar refractivity (Wildman–Crippen MR) is 88.2 cm³/mol. The molecule has 0 aliphatic carbocycles. The fourth-order valence-corrected chi connectivity index (χ4v) is 4.70. The minimum Gasteiger partial charge on any atom is -0.377 e. The minimum atomic E-state index is -3.31. The average Bonchev–Trinajstić information content (AvgIpc) is 2.81. The summed E-state index contributed by atoms with van der Waals surface area (Å²) in [6.07, 6.45) is 1.84. The largest absolute Gasteiger partial charge is 0.377 e. The van der Waals surface area contributed by atoms with E-state index >= 15 is 0 Å². The molecule has 1 aromatic carbocycles. The Morgan fingerprint density at radius 3 is 2.65 bits per heavy atom. The molecule has 6 nitrogen and oxygen atoms in total. The summed E-state index contributed by atoms with van der Waals surface area (Å²) in [5.74, 6) is -0.0194. The van der Waals surface area contributed by atoms with Gasteiger partial charge in [0, 0.05) is 18.2 Å². The van der Waals surface area contributed by atoms with Crippen molar-refractivity contribution in [1.82, 2.24) is 4.90 Å². The predicted octanol–water partition coefficient (Wildman–Crippen LogP) is 1.26. The van der Waals surface area contributed by atoms with Crippen molar-refractivity contribution in [2.24, 2.45) is 0 Å². The molecule has 0 N–H and O–H groups in total.